The van der Waals surface area contributed by atoms with Crippen molar-refractivity contribution in [3.63, 3.8) is 0 Å². The van der Waals surface area contributed by atoms with Crippen LogP contribution in [0.4, 0.5) is 0 Å². The lowest BCUT2D eigenvalue weighted by Gasteiger charge is -2.15. The van der Waals surface area contributed by atoms with Crippen LogP contribution < -0.4 is 21.0 Å². The molecule has 0 N–H and O–H groups in total. The van der Waals surface area contributed by atoms with E-state index in [-0.39, 0.29) is 5.69 Å². The molecule has 1 aliphatic heterocycles. The van der Waals surface area contributed by atoms with Gasteiger partial charge in [0.15, 0.2) is 0 Å². The zero-order chi connectivity index (χ0) is 24.7. The Morgan fingerprint density at radius 3 is 2.77 bits per heavy atom. The fraction of sp³-hybridized carbons (Fsp3) is 0.286. The fourth-order valence-electron chi connectivity index (χ4n) is 4.75. The summed E-state index contributed by atoms with van der Waals surface area (Å²) in [5.41, 5.74) is 7.22. The second-order valence-corrected chi connectivity index (χ2v) is 8.99. The predicted octanol–water partition coefficient (Wildman–Crippen LogP) is 2.16. The van der Waals surface area contributed by atoms with Crippen LogP contribution in [0.2, 0.25) is 0 Å². The van der Waals surface area contributed by atoms with E-state index < -0.39 is 0 Å². The van der Waals surface area contributed by atoms with E-state index in [9.17, 15) is 4.79 Å². The molecule has 2 aromatic heterocycles. The number of pyridine rings is 1. The van der Waals surface area contributed by atoms with E-state index in [2.05, 4.69) is 40.8 Å². The molecular weight excluding hydrogens is 440 g/mol. The van der Waals surface area contributed by atoms with Crippen LogP contribution in [-0.2, 0) is 18.4 Å². The van der Waals surface area contributed by atoms with E-state index >= 15 is 0 Å². The Bertz CT molecular complexity index is 1720. The topological polar surface area (TPSA) is 70.6 Å². The third-order valence-corrected chi connectivity index (χ3v) is 6.46. The van der Waals surface area contributed by atoms with E-state index in [1.807, 2.05) is 31.4 Å². The van der Waals surface area contributed by atoms with Crippen LogP contribution in [0.15, 0.2) is 46.3 Å². The first kappa shape index (κ1) is 22.8. The Morgan fingerprint density at radius 2 is 2.06 bits per heavy atom. The Balaban J connectivity index is 1.96. The largest absolute Gasteiger partial charge is 0.495 e. The summed E-state index contributed by atoms with van der Waals surface area (Å²) in [5, 5.41) is 3.37. The lowest BCUT2D eigenvalue weighted by molar-refractivity contribution is 0.184. The van der Waals surface area contributed by atoms with Gasteiger partial charge in [0.25, 0.3) is 0 Å². The van der Waals surface area contributed by atoms with Crippen molar-refractivity contribution in [1.29, 1.82) is 0 Å². The number of hydrogen-bond donors (Lipinski definition) is 0. The van der Waals surface area contributed by atoms with Gasteiger partial charge in [-0.15, -0.1) is 5.73 Å². The molecule has 1 aromatic carbocycles. The summed E-state index contributed by atoms with van der Waals surface area (Å²) in [6.07, 6.45) is 9.59. The molecule has 0 fully saturated rings. The molecule has 0 amide bonds. The van der Waals surface area contributed by atoms with Crippen LogP contribution in [0.25, 0.3) is 23.2 Å². The fourth-order valence-corrected chi connectivity index (χ4v) is 4.75. The molecule has 0 spiro atoms. The zero-order valence-electron chi connectivity index (χ0n) is 20.6. The van der Waals surface area contributed by atoms with Gasteiger partial charge in [0.2, 0.25) is 0 Å². The van der Waals surface area contributed by atoms with Crippen LogP contribution in [0.1, 0.15) is 23.6 Å². The van der Waals surface area contributed by atoms with Gasteiger partial charge in [-0.3, -0.25) is 9.56 Å². The normalized spacial score (nSPS) is 16.0. The number of fused-ring (bicyclic) bond motifs is 2. The van der Waals surface area contributed by atoms with Crippen LogP contribution >= 0.6 is 0 Å². The van der Waals surface area contributed by atoms with Gasteiger partial charge in [0.1, 0.15) is 11.6 Å². The van der Waals surface area contributed by atoms with Gasteiger partial charge in [-0.1, -0.05) is 13.0 Å². The summed E-state index contributed by atoms with van der Waals surface area (Å²) in [6.45, 7) is 5.33. The van der Waals surface area contributed by atoms with E-state index in [1.54, 1.807) is 36.6 Å². The van der Waals surface area contributed by atoms with Crippen LogP contribution in [0, 0.1) is 23.4 Å². The van der Waals surface area contributed by atoms with Crippen molar-refractivity contribution < 1.29 is 9.47 Å². The number of benzene rings is 1. The average Bonchev–Trinajstić information content (AvgIpc) is 2.98. The van der Waals surface area contributed by atoms with E-state index in [0.29, 0.717) is 24.1 Å². The van der Waals surface area contributed by atoms with Gasteiger partial charge in [-0.25, -0.2) is 14.3 Å². The molecule has 0 radical (unpaired) electrons. The molecule has 0 bridgehead atoms. The quantitative estimate of drug-likeness (QED) is 0.576. The highest BCUT2D eigenvalue weighted by Crippen LogP contribution is 2.23. The molecule has 7 heteroatoms. The number of aryl methyl sites for hydroxylation is 1. The third kappa shape index (κ3) is 3.89. The predicted molar refractivity (Wildman–Crippen MR) is 137 cm³/mol. The lowest BCUT2D eigenvalue weighted by Crippen LogP contribution is -2.26. The number of aromatic nitrogens is 3. The highest BCUT2D eigenvalue weighted by Gasteiger charge is 2.17. The minimum atomic E-state index is -0.164. The Hall–Kier alpha value is -3.93. The maximum Gasteiger partial charge on any atom is 0.334 e. The molecule has 3 aromatic rings. The average molecular weight is 469 g/mol. The number of dihydropyridines is 1. The van der Waals surface area contributed by atoms with Crippen molar-refractivity contribution >= 4 is 23.6 Å². The molecule has 0 saturated heterocycles. The molecule has 7 nitrogen and oxygen atoms in total. The van der Waals surface area contributed by atoms with Gasteiger partial charge in [-0.05, 0) is 65.5 Å². The molecule has 35 heavy (non-hydrogen) atoms. The monoisotopic (exact) mass is 468 g/mol. The van der Waals surface area contributed by atoms with Gasteiger partial charge in [0, 0.05) is 37.4 Å². The van der Waals surface area contributed by atoms with E-state index in [4.69, 9.17) is 9.47 Å². The summed E-state index contributed by atoms with van der Waals surface area (Å²) in [4.78, 5) is 22.7. The number of ether oxygens (including phenoxy) is 2. The van der Waals surface area contributed by atoms with Crippen molar-refractivity contribution in [3.8, 4) is 11.6 Å². The molecule has 5 rings (SSSR count). The summed E-state index contributed by atoms with van der Waals surface area (Å²) in [6, 6.07) is 6.11. The first-order chi connectivity index (χ1) is 16.9. The van der Waals surface area contributed by atoms with Crippen molar-refractivity contribution in [2.24, 2.45) is 18.0 Å². The number of rotatable bonds is 5. The first-order valence-electron chi connectivity index (χ1n) is 11.6. The van der Waals surface area contributed by atoms with Crippen molar-refractivity contribution in [2.75, 3.05) is 20.8 Å². The second-order valence-electron chi connectivity index (χ2n) is 8.99. The number of aliphatic imine (C=N–C) groups is 1. The number of hydrogen-bond acceptors (Lipinski definition) is 5. The SMILES string of the molecule is COCc1cc2c(cc1C1=CC(C)CN=C1)=c1c(n(C)c(=O)n1-c1ncc(OC)cc1C)=CC=C=2. The summed E-state index contributed by atoms with van der Waals surface area (Å²) < 4.78 is 14.2. The highest BCUT2D eigenvalue weighted by molar-refractivity contribution is 6.11. The minimum absolute atomic E-state index is 0.164. The third-order valence-electron chi connectivity index (χ3n) is 6.46. The molecular formula is C28H28N4O3. The summed E-state index contributed by atoms with van der Waals surface area (Å²) in [7, 11) is 5.08. The Morgan fingerprint density at radius 1 is 1.23 bits per heavy atom. The van der Waals surface area contributed by atoms with Crippen LogP contribution in [0.5, 0.6) is 5.75 Å². The van der Waals surface area contributed by atoms with Gasteiger partial charge in [-0.2, -0.15) is 0 Å². The number of nitrogens with zero attached hydrogens (tertiary/aromatic N) is 4. The maximum absolute atomic E-state index is 13.5. The minimum Gasteiger partial charge on any atom is -0.495 e. The highest BCUT2D eigenvalue weighted by atomic mass is 16.5. The Labute approximate surface area is 203 Å². The summed E-state index contributed by atoms with van der Waals surface area (Å²) in [5.74, 6) is 1.57. The molecule has 2 aliphatic rings. The van der Waals surface area contributed by atoms with Crippen LogP contribution in [0.3, 0.4) is 0 Å². The van der Waals surface area contributed by atoms with Crippen molar-refractivity contribution in [2.45, 2.75) is 20.5 Å². The van der Waals surface area contributed by atoms with Gasteiger partial charge < -0.3 is 9.47 Å². The number of imidazole rings is 1. The molecule has 1 atom stereocenters. The molecule has 178 valence electrons. The zero-order valence-corrected chi connectivity index (χ0v) is 20.6. The molecule has 1 aliphatic carbocycles. The Kier molecular flexibility index (Phi) is 5.89. The number of allylic oxidation sites excluding steroid dienone is 2. The van der Waals surface area contributed by atoms with Gasteiger partial charge in [0.05, 0.1) is 30.6 Å². The second kappa shape index (κ2) is 9.02. The maximum atomic E-state index is 13.5. The molecule has 1 unspecified atom stereocenters. The molecule has 3 heterocycles. The van der Waals surface area contributed by atoms with Crippen molar-refractivity contribution in [1.82, 2.24) is 14.1 Å². The smallest absolute Gasteiger partial charge is 0.334 e. The van der Waals surface area contributed by atoms with Crippen molar-refractivity contribution in [3.05, 3.63) is 84.9 Å². The first-order valence-corrected chi connectivity index (χ1v) is 11.6. The standard InChI is InChI=1S/C28H28N4O3/c1-17-9-20(14-29-13-17)23-12-24-19(11-21(23)16-34-4)7-6-8-25-26(24)32(28(33)31(25)3)27-18(2)10-22(35-5)15-30-27/h6,8-12,14-15,17H,13,16H2,1-5H3. The van der Waals surface area contributed by atoms with Crippen LogP contribution in [-0.4, -0.2) is 41.1 Å². The lowest BCUT2D eigenvalue weighted by atomic mass is 9.94. The van der Waals surface area contributed by atoms with E-state index in [1.165, 1.54) is 0 Å². The molecule has 0 saturated carbocycles. The van der Waals surface area contributed by atoms with E-state index in [0.717, 1.165) is 49.9 Å². The number of methoxy groups -OCH3 is 2. The van der Waals surface area contributed by atoms with Gasteiger partial charge >= 0.3 is 5.69 Å². The summed E-state index contributed by atoms with van der Waals surface area (Å²) >= 11 is 0.